The summed E-state index contributed by atoms with van der Waals surface area (Å²) in [6.07, 6.45) is -1.53. The largest absolute Gasteiger partial charge is 0.445 e. The number of carbonyl (C=O) groups excluding carboxylic acids is 1. The van der Waals surface area contributed by atoms with E-state index in [1.165, 1.54) is 0 Å². The molecule has 1 aliphatic heterocycles. The number of benzene rings is 1. The SMILES string of the molecule is CC1(C)O[C@H]2[C@H](O1)[C@H](NC(=O)OCc1ccccc1)C[C@@H]2O. The van der Waals surface area contributed by atoms with E-state index in [9.17, 15) is 9.90 Å². The van der Waals surface area contributed by atoms with Gasteiger partial charge in [0.1, 0.15) is 18.8 Å². The van der Waals surface area contributed by atoms with Crippen LogP contribution in [-0.4, -0.2) is 41.3 Å². The molecule has 1 aliphatic carbocycles. The van der Waals surface area contributed by atoms with Crippen LogP contribution in [0.1, 0.15) is 25.8 Å². The van der Waals surface area contributed by atoms with Gasteiger partial charge in [-0.1, -0.05) is 30.3 Å². The van der Waals surface area contributed by atoms with Gasteiger partial charge in [0.25, 0.3) is 0 Å². The third kappa shape index (κ3) is 3.24. The minimum atomic E-state index is -0.745. The molecule has 1 saturated carbocycles. The lowest BCUT2D eigenvalue weighted by Crippen LogP contribution is -2.43. The zero-order valence-corrected chi connectivity index (χ0v) is 12.7. The van der Waals surface area contributed by atoms with Gasteiger partial charge < -0.3 is 24.6 Å². The smallest absolute Gasteiger partial charge is 0.407 e. The fourth-order valence-corrected chi connectivity index (χ4v) is 3.01. The van der Waals surface area contributed by atoms with Crippen molar-refractivity contribution >= 4 is 6.09 Å². The molecule has 6 nitrogen and oxygen atoms in total. The molecule has 1 saturated heterocycles. The molecule has 0 unspecified atom stereocenters. The van der Waals surface area contributed by atoms with Gasteiger partial charge in [0.15, 0.2) is 5.79 Å². The minimum absolute atomic E-state index is 0.207. The number of hydrogen-bond acceptors (Lipinski definition) is 5. The van der Waals surface area contributed by atoms with Crippen LogP contribution in [0.4, 0.5) is 4.79 Å². The Morgan fingerprint density at radius 3 is 2.73 bits per heavy atom. The minimum Gasteiger partial charge on any atom is -0.445 e. The van der Waals surface area contributed by atoms with Crippen molar-refractivity contribution < 1.29 is 24.1 Å². The lowest BCUT2D eigenvalue weighted by molar-refractivity contribution is -0.163. The van der Waals surface area contributed by atoms with Crippen molar-refractivity contribution in [3.05, 3.63) is 35.9 Å². The van der Waals surface area contributed by atoms with Crippen molar-refractivity contribution in [3.8, 4) is 0 Å². The van der Waals surface area contributed by atoms with E-state index >= 15 is 0 Å². The van der Waals surface area contributed by atoms with Crippen molar-refractivity contribution in [1.29, 1.82) is 0 Å². The molecule has 1 aromatic carbocycles. The van der Waals surface area contributed by atoms with Crippen molar-refractivity contribution in [2.45, 2.75) is 57.0 Å². The van der Waals surface area contributed by atoms with Crippen LogP contribution in [-0.2, 0) is 20.8 Å². The Hall–Kier alpha value is -1.63. The summed E-state index contributed by atoms with van der Waals surface area (Å²) in [5.41, 5.74) is 0.920. The summed E-state index contributed by atoms with van der Waals surface area (Å²) in [5.74, 6) is -0.745. The number of hydrogen-bond donors (Lipinski definition) is 2. The third-order valence-corrected chi connectivity index (χ3v) is 3.95. The predicted molar refractivity (Wildman–Crippen MR) is 78.0 cm³/mol. The molecule has 0 radical (unpaired) electrons. The molecule has 3 rings (SSSR count). The Balaban J connectivity index is 1.53. The second kappa shape index (κ2) is 5.87. The molecule has 2 aliphatic rings. The van der Waals surface area contributed by atoms with Crippen LogP contribution in [0.15, 0.2) is 30.3 Å². The first-order valence-corrected chi connectivity index (χ1v) is 7.45. The summed E-state index contributed by atoms with van der Waals surface area (Å²) >= 11 is 0. The number of ether oxygens (including phenoxy) is 3. The average Bonchev–Trinajstić information content (AvgIpc) is 2.93. The Morgan fingerprint density at radius 2 is 2.00 bits per heavy atom. The average molecular weight is 307 g/mol. The Bertz CT molecular complexity index is 533. The number of rotatable bonds is 3. The van der Waals surface area contributed by atoms with Crippen molar-refractivity contribution in [3.63, 3.8) is 0 Å². The quantitative estimate of drug-likeness (QED) is 0.886. The predicted octanol–water partition coefficient (Wildman–Crippen LogP) is 1.57. The number of carbonyl (C=O) groups is 1. The maximum absolute atomic E-state index is 11.9. The maximum atomic E-state index is 11.9. The van der Waals surface area contributed by atoms with Gasteiger partial charge in [-0.15, -0.1) is 0 Å². The van der Waals surface area contributed by atoms with Crippen LogP contribution in [0.2, 0.25) is 0 Å². The third-order valence-electron chi connectivity index (χ3n) is 3.95. The highest BCUT2D eigenvalue weighted by Gasteiger charge is 2.54. The summed E-state index contributed by atoms with van der Waals surface area (Å²) < 4.78 is 16.6. The molecule has 1 amide bonds. The van der Waals surface area contributed by atoms with E-state index in [2.05, 4.69) is 5.32 Å². The van der Waals surface area contributed by atoms with Crippen LogP contribution in [0.5, 0.6) is 0 Å². The van der Waals surface area contributed by atoms with Crippen LogP contribution in [0, 0.1) is 0 Å². The Morgan fingerprint density at radius 1 is 1.32 bits per heavy atom. The van der Waals surface area contributed by atoms with E-state index in [0.29, 0.717) is 6.42 Å². The molecule has 0 spiro atoms. The first kappa shape index (κ1) is 15.3. The molecule has 4 atom stereocenters. The van der Waals surface area contributed by atoms with Gasteiger partial charge in [-0.3, -0.25) is 0 Å². The van der Waals surface area contributed by atoms with Gasteiger partial charge in [0, 0.05) is 0 Å². The number of aliphatic hydroxyl groups excluding tert-OH is 1. The van der Waals surface area contributed by atoms with E-state index < -0.39 is 24.1 Å². The lowest BCUT2D eigenvalue weighted by atomic mass is 10.2. The fraction of sp³-hybridized carbons (Fsp3) is 0.562. The molecule has 0 bridgehead atoms. The molecular formula is C16H21NO5. The standard InChI is InChI=1S/C16H21NO5/c1-16(2)21-13-11(8-12(18)14(13)22-16)17-15(19)20-9-10-6-4-3-5-7-10/h3-7,11-14,18H,8-9H2,1-2H3,(H,17,19)/t11-,12+,13-,14-/m1/s1. The summed E-state index contributed by atoms with van der Waals surface area (Å²) in [5, 5.41) is 12.8. The van der Waals surface area contributed by atoms with Crippen LogP contribution < -0.4 is 5.32 Å². The summed E-state index contributed by atoms with van der Waals surface area (Å²) in [6, 6.07) is 9.15. The summed E-state index contributed by atoms with van der Waals surface area (Å²) in [4.78, 5) is 11.9. The van der Waals surface area contributed by atoms with E-state index in [0.717, 1.165) is 5.56 Å². The zero-order chi connectivity index (χ0) is 15.7. The fourth-order valence-electron chi connectivity index (χ4n) is 3.01. The van der Waals surface area contributed by atoms with Crippen molar-refractivity contribution in [2.24, 2.45) is 0 Å². The maximum Gasteiger partial charge on any atom is 0.407 e. The van der Waals surface area contributed by atoms with Gasteiger partial charge in [-0.05, 0) is 25.8 Å². The topological polar surface area (TPSA) is 77.0 Å². The van der Waals surface area contributed by atoms with Gasteiger partial charge in [0.05, 0.1) is 12.1 Å². The molecular weight excluding hydrogens is 286 g/mol. The van der Waals surface area contributed by atoms with Crippen LogP contribution in [0.3, 0.4) is 0 Å². The van der Waals surface area contributed by atoms with Crippen LogP contribution >= 0.6 is 0 Å². The summed E-state index contributed by atoms with van der Waals surface area (Å²) in [7, 11) is 0. The monoisotopic (exact) mass is 307 g/mol. The summed E-state index contributed by atoms with van der Waals surface area (Å²) in [6.45, 7) is 3.80. The number of alkyl carbamates (subject to hydrolysis) is 1. The van der Waals surface area contributed by atoms with Gasteiger partial charge in [0.2, 0.25) is 0 Å². The van der Waals surface area contributed by atoms with Crippen molar-refractivity contribution in [2.75, 3.05) is 0 Å². The Labute approximate surface area is 129 Å². The highest BCUT2D eigenvalue weighted by Crippen LogP contribution is 2.38. The molecule has 2 N–H and O–H groups in total. The molecule has 1 heterocycles. The second-order valence-corrected chi connectivity index (χ2v) is 6.18. The van der Waals surface area contributed by atoms with E-state index in [4.69, 9.17) is 14.2 Å². The van der Waals surface area contributed by atoms with Gasteiger partial charge in [-0.2, -0.15) is 0 Å². The lowest BCUT2D eigenvalue weighted by Gasteiger charge is -2.22. The Kier molecular flexibility index (Phi) is 4.08. The van der Waals surface area contributed by atoms with E-state index in [1.54, 1.807) is 13.8 Å². The molecule has 0 aromatic heterocycles. The molecule has 2 fully saturated rings. The number of nitrogens with one attached hydrogen (secondary N) is 1. The molecule has 22 heavy (non-hydrogen) atoms. The molecule has 120 valence electrons. The first-order chi connectivity index (χ1) is 10.4. The number of amides is 1. The zero-order valence-electron chi connectivity index (χ0n) is 12.7. The normalized spacial score (nSPS) is 32.5. The van der Waals surface area contributed by atoms with E-state index in [1.807, 2.05) is 30.3 Å². The highest BCUT2D eigenvalue weighted by atomic mass is 16.8. The number of fused-ring (bicyclic) bond motifs is 1. The second-order valence-electron chi connectivity index (χ2n) is 6.18. The molecule has 6 heteroatoms. The van der Waals surface area contributed by atoms with Gasteiger partial charge >= 0.3 is 6.09 Å². The van der Waals surface area contributed by atoms with E-state index in [-0.39, 0.29) is 18.8 Å². The molecule has 1 aromatic rings. The highest BCUT2D eigenvalue weighted by molar-refractivity contribution is 5.67. The number of aliphatic hydroxyl groups is 1. The first-order valence-electron chi connectivity index (χ1n) is 7.45. The van der Waals surface area contributed by atoms with Crippen LogP contribution in [0.25, 0.3) is 0 Å². The van der Waals surface area contributed by atoms with Crippen molar-refractivity contribution in [1.82, 2.24) is 5.32 Å². The van der Waals surface area contributed by atoms with Gasteiger partial charge in [-0.25, -0.2) is 4.79 Å².